The van der Waals surface area contributed by atoms with Gasteiger partial charge in [0.15, 0.2) is 0 Å². The minimum atomic E-state index is -0.0965. The lowest BCUT2D eigenvalue weighted by Crippen LogP contribution is -2.48. The molecule has 1 fully saturated rings. The van der Waals surface area contributed by atoms with Crippen LogP contribution < -0.4 is 10.6 Å². The van der Waals surface area contributed by atoms with Gasteiger partial charge in [0.05, 0.1) is 0 Å². The van der Waals surface area contributed by atoms with Crippen molar-refractivity contribution < 1.29 is 9.90 Å². The summed E-state index contributed by atoms with van der Waals surface area (Å²) in [5.41, 5.74) is 0. The summed E-state index contributed by atoms with van der Waals surface area (Å²) in [7, 11) is 0. The van der Waals surface area contributed by atoms with Gasteiger partial charge in [-0.05, 0) is 50.4 Å². The first-order valence-electron chi connectivity index (χ1n) is 7.62. The lowest BCUT2D eigenvalue weighted by Gasteiger charge is -2.31. The molecule has 0 aromatic carbocycles. The van der Waals surface area contributed by atoms with Crippen molar-refractivity contribution in [3.63, 3.8) is 0 Å². The maximum Gasteiger partial charge on any atom is 0.315 e. The molecular formula is C15H30N2O2. The largest absolute Gasteiger partial charge is 0.396 e. The zero-order valence-electron chi connectivity index (χ0n) is 12.8. The molecule has 2 amide bonds. The van der Waals surface area contributed by atoms with Crippen molar-refractivity contribution in [1.82, 2.24) is 10.6 Å². The zero-order valence-corrected chi connectivity index (χ0v) is 12.8. The standard InChI is InChI=1S/C15H30N2O2/c1-10(2)13-5-7-14(8-6-13)17-15(19)16-12(4)11(3)9-18/h10-14,18H,5-9H2,1-4H3,(H2,16,17,19). The second-order valence-corrected chi connectivity index (χ2v) is 6.42. The second-order valence-electron chi connectivity index (χ2n) is 6.42. The molecule has 0 aromatic rings. The maximum absolute atomic E-state index is 11.9. The highest BCUT2D eigenvalue weighted by Gasteiger charge is 2.24. The van der Waals surface area contributed by atoms with E-state index in [1.54, 1.807) is 0 Å². The predicted octanol–water partition coefficient (Wildman–Crippen LogP) is 2.52. The molecule has 3 N–H and O–H groups in total. The van der Waals surface area contributed by atoms with E-state index in [9.17, 15) is 4.79 Å². The van der Waals surface area contributed by atoms with E-state index in [2.05, 4.69) is 24.5 Å². The van der Waals surface area contributed by atoms with Gasteiger partial charge >= 0.3 is 6.03 Å². The van der Waals surface area contributed by atoms with E-state index < -0.39 is 0 Å². The second kappa shape index (κ2) is 7.73. The SMILES string of the molecule is CC(C)C1CCC(NC(=O)NC(C)C(C)CO)CC1. The Hall–Kier alpha value is -0.770. The molecular weight excluding hydrogens is 240 g/mol. The maximum atomic E-state index is 11.9. The first kappa shape index (κ1) is 16.3. The van der Waals surface area contributed by atoms with E-state index in [1.807, 2.05) is 13.8 Å². The van der Waals surface area contributed by atoms with E-state index in [0.717, 1.165) is 24.7 Å². The van der Waals surface area contributed by atoms with Gasteiger partial charge in [-0.2, -0.15) is 0 Å². The average Bonchev–Trinajstić information content (AvgIpc) is 2.38. The Kier molecular flexibility index (Phi) is 6.63. The Morgan fingerprint density at radius 3 is 2.21 bits per heavy atom. The van der Waals surface area contributed by atoms with Crippen LogP contribution in [0.2, 0.25) is 0 Å². The van der Waals surface area contributed by atoms with Crippen molar-refractivity contribution in [1.29, 1.82) is 0 Å². The fourth-order valence-corrected chi connectivity index (χ4v) is 2.66. The molecule has 0 radical (unpaired) electrons. The molecule has 19 heavy (non-hydrogen) atoms. The highest BCUT2D eigenvalue weighted by atomic mass is 16.3. The van der Waals surface area contributed by atoms with Crippen LogP contribution in [-0.4, -0.2) is 29.8 Å². The summed E-state index contributed by atoms with van der Waals surface area (Å²) in [4.78, 5) is 11.9. The summed E-state index contributed by atoms with van der Waals surface area (Å²) in [5.74, 6) is 1.65. The molecule has 0 heterocycles. The molecule has 0 saturated heterocycles. The normalized spacial score (nSPS) is 26.8. The van der Waals surface area contributed by atoms with Gasteiger partial charge in [0.25, 0.3) is 0 Å². The van der Waals surface area contributed by atoms with Crippen LogP contribution in [0.1, 0.15) is 53.4 Å². The average molecular weight is 270 g/mol. The lowest BCUT2D eigenvalue weighted by atomic mass is 9.80. The summed E-state index contributed by atoms with van der Waals surface area (Å²) < 4.78 is 0. The number of hydrogen-bond acceptors (Lipinski definition) is 2. The van der Waals surface area contributed by atoms with Crippen LogP contribution >= 0.6 is 0 Å². The minimum absolute atomic E-state index is 0.00277. The van der Waals surface area contributed by atoms with Gasteiger partial charge in [0.2, 0.25) is 0 Å². The summed E-state index contributed by atoms with van der Waals surface area (Å²) >= 11 is 0. The van der Waals surface area contributed by atoms with Gasteiger partial charge < -0.3 is 15.7 Å². The Labute approximate surface area is 117 Å². The molecule has 1 aliphatic rings. The summed E-state index contributed by atoms with van der Waals surface area (Å²) in [5, 5.41) is 15.0. The van der Waals surface area contributed by atoms with Crippen molar-refractivity contribution in [3.05, 3.63) is 0 Å². The van der Waals surface area contributed by atoms with Crippen LogP contribution in [-0.2, 0) is 0 Å². The molecule has 1 rings (SSSR count). The van der Waals surface area contributed by atoms with E-state index in [1.165, 1.54) is 12.8 Å². The van der Waals surface area contributed by atoms with Gasteiger partial charge in [-0.1, -0.05) is 20.8 Å². The van der Waals surface area contributed by atoms with Crippen LogP contribution in [0.15, 0.2) is 0 Å². The highest BCUT2D eigenvalue weighted by Crippen LogP contribution is 2.29. The number of urea groups is 1. The Morgan fingerprint density at radius 2 is 1.74 bits per heavy atom. The van der Waals surface area contributed by atoms with Crippen LogP contribution in [0.3, 0.4) is 0 Å². The van der Waals surface area contributed by atoms with E-state index in [4.69, 9.17) is 5.11 Å². The topological polar surface area (TPSA) is 61.4 Å². The van der Waals surface area contributed by atoms with E-state index >= 15 is 0 Å². The van der Waals surface area contributed by atoms with Crippen LogP contribution in [0.25, 0.3) is 0 Å². The fourth-order valence-electron chi connectivity index (χ4n) is 2.66. The number of hydrogen-bond donors (Lipinski definition) is 3. The molecule has 0 aliphatic heterocycles. The van der Waals surface area contributed by atoms with Gasteiger partial charge in [-0.15, -0.1) is 0 Å². The number of rotatable bonds is 5. The fraction of sp³-hybridized carbons (Fsp3) is 0.933. The molecule has 2 unspecified atom stereocenters. The minimum Gasteiger partial charge on any atom is -0.396 e. The van der Waals surface area contributed by atoms with Gasteiger partial charge in [-0.3, -0.25) is 0 Å². The van der Waals surface area contributed by atoms with Crippen LogP contribution in [0.4, 0.5) is 4.79 Å². The van der Waals surface area contributed by atoms with E-state index in [-0.39, 0.29) is 24.6 Å². The van der Waals surface area contributed by atoms with Gasteiger partial charge in [0.1, 0.15) is 0 Å². The van der Waals surface area contributed by atoms with Gasteiger partial charge in [0, 0.05) is 18.7 Å². The first-order valence-corrected chi connectivity index (χ1v) is 7.62. The van der Waals surface area contributed by atoms with Crippen molar-refractivity contribution in [2.24, 2.45) is 17.8 Å². The van der Waals surface area contributed by atoms with E-state index in [0.29, 0.717) is 6.04 Å². The number of nitrogens with one attached hydrogen (secondary N) is 2. The predicted molar refractivity (Wildman–Crippen MR) is 78.0 cm³/mol. The summed E-state index contributed by atoms with van der Waals surface area (Å²) in [6.07, 6.45) is 4.59. The van der Waals surface area contributed by atoms with Crippen molar-refractivity contribution in [3.8, 4) is 0 Å². The van der Waals surface area contributed by atoms with Crippen molar-refractivity contribution >= 4 is 6.03 Å². The molecule has 2 atom stereocenters. The molecule has 112 valence electrons. The molecule has 4 nitrogen and oxygen atoms in total. The zero-order chi connectivity index (χ0) is 14.4. The Bertz CT molecular complexity index is 273. The smallest absolute Gasteiger partial charge is 0.315 e. The van der Waals surface area contributed by atoms with Crippen molar-refractivity contribution in [2.45, 2.75) is 65.5 Å². The molecule has 4 heteroatoms. The third kappa shape index (κ3) is 5.39. The number of aliphatic hydroxyl groups excluding tert-OH is 1. The monoisotopic (exact) mass is 270 g/mol. The quantitative estimate of drug-likeness (QED) is 0.719. The summed E-state index contributed by atoms with van der Waals surface area (Å²) in [6.45, 7) is 8.52. The first-order chi connectivity index (χ1) is 8.93. The Morgan fingerprint density at radius 1 is 1.16 bits per heavy atom. The van der Waals surface area contributed by atoms with Crippen molar-refractivity contribution in [2.75, 3.05) is 6.61 Å². The lowest BCUT2D eigenvalue weighted by molar-refractivity contribution is 0.193. The van der Waals surface area contributed by atoms with Crippen LogP contribution in [0.5, 0.6) is 0 Å². The molecule has 1 aliphatic carbocycles. The number of carbonyl (C=O) groups excluding carboxylic acids is 1. The van der Waals surface area contributed by atoms with Crippen LogP contribution in [0, 0.1) is 17.8 Å². The molecule has 0 aromatic heterocycles. The third-order valence-corrected chi connectivity index (χ3v) is 4.55. The number of carbonyl (C=O) groups is 1. The molecule has 0 bridgehead atoms. The van der Waals surface area contributed by atoms with Gasteiger partial charge in [-0.25, -0.2) is 4.79 Å². The third-order valence-electron chi connectivity index (χ3n) is 4.55. The Balaban J connectivity index is 2.27. The highest BCUT2D eigenvalue weighted by molar-refractivity contribution is 5.74. The molecule has 1 saturated carbocycles. The number of amides is 2. The molecule has 0 spiro atoms. The number of aliphatic hydroxyl groups is 1. The summed E-state index contributed by atoms with van der Waals surface area (Å²) in [6, 6.07) is 0.212.